The van der Waals surface area contributed by atoms with E-state index < -0.39 is 0 Å². The second-order valence-corrected chi connectivity index (χ2v) is 6.68. The molecule has 0 unspecified atom stereocenters. The molecule has 0 amide bonds. The molecule has 0 atom stereocenters. The Balaban J connectivity index is 1.90. The molecule has 2 nitrogen and oxygen atoms in total. The summed E-state index contributed by atoms with van der Waals surface area (Å²) in [5.74, 6) is 0.960. The third-order valence-corrected chi connectivity index (χ3v) is 5.07. The molecular formula is C20H19NOS. The lowest BCUT2D eigenvalue weighted by molar-refractivity contribution is 0.319. The number of thiophene rings is 1. The number of benzene rings is 2. The molecule has 23 heavy (non-hydrogen) atoms. The van der Waals surface area contributed by atoms with Crippen molar-refractivity contribution in [3.8, 4) is 5.75 Å². The zero-order valence-electron chi connectivity index (χ0n) is 13.1. The lowest BCUT2D eigenvalue weighted by atomic mass is 9.96. The van der Waals surface area contributed by atoms with E-state index in [0.29, 0.717) is 0 Å². The monoisotopic (exact) mass is 321 g/mol. The van der Waals surface area contributed by atoms with Crippen molar-refractivity contribution in [2.75, 3.05) is 18.5 Å². The van der Waals surface area contributed by atoms with E-state index in [1.54, 1.807) is 11.3 Å². The van der Waals surface area contributed by atoms with Crippen molar-refractivity contribution >= 4 is 39.4 Å². The molecule has 0 aliphatic carbocycles. The zero-order valence-corrected chi connectivity index (χ0v) is 14.0. The molecule has 1 aliphatic heterocycles. The van der Waals surface area contributed by atoms with Crippen LogP contribution in [0.5, 0.6) is 5.75 Å². The number of rotatable bonds is 4. The highest BCUT2D eigenvalue weighted by Crippen LogP contribution is 2.41. The van der Waals surface area contributed by atoms with Gasteiger partial charge in [-0.3, -0.25) is 0 Å². The first-order valence-corrected chi connectivity index (χ1v) is 8.91. The third-order valence-electron chi connectivity index (χ3n) is 4.13. The zero-order chi connectivity index (χ0) is 15.6. The van der Waals surface area contributed by atoms with E-state index >= 15 is 0 Å². The summed E-state index contributed by atoms with van der Waals surface area (Å²) < 4.78 is 6.00. The van der Waals surface area contributed by atoms with Crippen LogP contribution in [-0.2, 0) is 0 Å². The number of ether oxygens (including phenoxy) is 1. The molecule has 116 valence electrons. The summed E-state index contributed by atoms with van der Waals surface area (Å²) >= 11 is 1.79. The topological polar surface area (TPSA) is 21.3 Å². The summed E-state index contributed by atoms with van der Waals surface area (Å²) in [6.07, 6.45) is 3.33. The maximum absolute atomic E-state index is 6.00. The maximum atomic E-state index is 6.00. The number of anilines is 1. The van der Waals surface area contributed by atoms with Gasteiger partial charge < -0.3 is 10.1 Å². The van der Waals surface area contributed by atoms with Crippen LogP contribution in [-0.4, -0.2) is 13.2 Å². The summed E-state index contributed by atoms with van der Waals surface area (Å²) in [5.41, 5.74) is 3.70. The fraction of sp³-hybridized carbons (Fsp3) is 0.200. The molecule has 3 heteroatoms. The van der Waals surface area contributed by atoms with Crippen LogP contribution in [0.3, 0.4) is 0 Å². The Morgan fingerprint density at radius 2 is 2.09 bits per heavy atom. The van der Waals surface area contributed by atoms with Crippen molar-refractivity contribution in [2.45, 2.75) is 13.3 Å². The van der Waals surface area contributed by atoms with Gasteiger partial charge in [-0.1, -0.05) is 37.3 Å². The molecule has 1 N–H and O–H groups in total. The number of nitrogens with one attached hydrogen (secondary N) is 1. The van der Waals surface area contributed by atoms with Crippen LogP contribution in [0.4, 0.5) is 5.69 Å². The SMILES string of the molecule is CCCOc1cc2ccccc2c2c1NCC(c1cccs1)=C2. The van der Waals surface area contributed by atoms with Gasteiger partial charge in [0, 0.05) is 17.0 Å². The molecule has 3 aromatic rings. The molecule has 0 saturated heterocycles. The van der Waals surface area contributed by atoms with Crippen LogP contribution < -0.4 is 10.1 Å². The van der Waals surface area contributed by atoms with Gasteiger partial charge in [0.1, 0.15) is 5.75 Å². The fourth-order valence-electron chi connectivity index (χ4n) is 3.04. The molecule has 1 aliphatic rings. The molecule has 0 saturated carbocycles. The minimum absolute atomic E-state index is 0.744. The molecule has 0 fully saturated rings. The average Bonchev–Trinajstić information content (AvgIpc) is 3.14. The minimum Gasteiger partial charge on any atom is -0.491 e. The Morgan fingerprint density at radius 1 is 1.17 bits per heavy atom. The van der Waals surface area contributed by atoms with E-state index in [0.717, 1.165) is 31.0 Å². The van der Waals surface area contributed by atoms with Gasteiger partial charge in [-0.2, -0.15) is 0 Å². The van der Waals surface area contributed by atoms with E-state index in [-0.39, 0.29) is 0 Å². The predicted octanol–water partition coefficient (Wildman–Crippen LogP) is 5.66. The molecule has 1 aromatic heterocycles. The van der Waals surface area contributed by atoms with Crippen molar-refractivity contribution in [2.24, 2.45) is 0 Å². The Bertz CT molecular complexity index is 865. The normalized spacial score (nSPS) is 13.3. The van der Waals surface area contributed by atoms with Crippen molar-refractivity contribution < 1.29 is 4.74 Å². The van der Waals surface area contributed by atoms with Crippen molar-refractivity contribution in [1.82, 2.24) is 0 Å². The minimum atomic E-state index is 0.744. The average molecular weight is 321 g/mol. The van der Waals surface area contributed by atoms with Gasteiger partial charge in [0.15, 0.2) is 0 Å². The van der Waals surface area contributed by atoms with Gasteiger partial charge in [-0.15, -0.1) is 11.3 Å². The summed E-state index contributed by atoms with van der Waals surface area (Å²) in [4.78, 5) is 1.33. The van der Waals surface area contributed by atoms with Gasteiger partial charge in [0.25, 0.3) is 0 Å². The summed E-state index contributed by atoms with van der Waals surface area (Å²) in [5, 5.41) is 8.21. The maximum Gasteiger partial charge on any atom is 0.143 e. The Hall–Kier alpha value is -2.26. The van der Waals surface area contributed by atoms with Crippen LogP contribution in [0.2, 0.25) is 0 Å². The highest BCUT2D eigenvalue weighted by Gasteiger charge is 2.18. The van der Waals surface area contributed by atoms with E-state index in [4.69, 9.17) is 4.74 Å². The molecule has 0 radical (unpaired) electrons. The standard InChI is InChI=1S/C20H19NOS/c1-2-9-22-18-12-14-6-3-4-7-16(14)17-11-15(13-21-20(17)18)19-8-5-10-23-19/h3-8,10-12,21H,2,9,13H2,1H3. The number of hydrogen-bond acceptors (Lipinski definition) is 3. The molecule has 2 heterocycles. The number of hydrogen-bond donors (Lipinski definition) is 1. The van der Waals surface area contributed by atoms with Gasteiger partial charge >= 0.3 is 0 Å². The van der Waals surface area contributed by atoms with Crippen molar-refractivity contribution in [1.29, 1.82) is 0 Å². The largest absolute Gasteiger partial charge is 0.491 e. The van der Waals surface area contributed by atoms with E-state index in [9.17, 15) is 0 Å². The summed E-state index contributed by atoms with van der Waals surface area (Å²) in [6, 6.07) is 15.0. The van der Waals surface area contributed by atoms with Crippen molar-refractivity contribution in [3.05, 3.63) is 58.3 Å². The van der Waals surface area contributed by atoms with Crippen molar-refractivity contribution in [3.63, 3.8) is 0 Å². The predicted molar refractivity (Wildman–Crippen MR) is 100 cm³/mol. The second-order valence-electron chi connectivity index (χ2n) is 5.73. The van der Waals surface area contributed by atoms with Gasteiger partial charge in [0.2, 0.25) is 0 Å². The first-order chi connectivity index (χ1) is 11.4. The van der Waals surface area contributed by atoms with Crippen LogP contribution in [0.15, 0.2) is 47.8 Å². The Labute approximate surface area is 140 Å². The third kappa shape index (κ3) is 2.62. The van der Waals surface area contributed by atoms with Crippen LogP contribution in [0.1, 0.15) is 23.8 Å². The van der Waals surface area contributed by atoms with Crippen LogP contribution in [0.25, 0.3) is 22.4 Å². The second kappa shape index (κ2) is 6.09. The van der Waals surface area contributed by atoms with Gasteiger partial charge in [0.05, 0.1) is 12.3 Å². The quantitative estimate of drug-likeness (QED) is 0.670. The van der Waals surface area contributed by atoms with E-state index in [1.807, 2.05) is 0 Å². The molecule has 0 bridgehead atoms. The molecule has 4 rings (SSSR count). The number of fused-ring (bicyclic) bond motifs is 3. The summed E-state index contributed by atoms with van der Waals surface area (Å²) in [6.45, 7) is 3.72. The highest BCUT2D eigenvalue weighted by atomic mass is 32.1. The van der Waals surface area contributed by atoms with Gasteiger partial charge in [-0.25, -0.2) is 0 Å². The van der Waals surface area contributed by atoms with Gasteiger partial charge in [-0.05, 0) is 46.4 Å². The fourth-order valence-corrected chi connectivity index (χ4v) is 3.78. The molecular weight excluding hydrogens is 302 g/mol. The molecule has 0 spiro atoms. The van der Waals surface area contributed by atoms with Crippen LogP contribution >= 0.6 is 11.3 Å². The highest BCUT2D eigenvalue weighted by molar-refractivity contribution is 7.11. The lowest BCUT2D eigenvalue weighted by Gasteiger charge is -2.23. The summed E-state index contributed by atoms with van der Waals surface area (Å²) in [7, 11) is 0. The molecule has 2 aromatic carbocycles. The van der Waals surface area contributed by atoms with Crippen LogP contribution in [0, 0.1) is 0 Å². The van der Waals surface area contributed by atoms with E-state index in [2.05, 4.69) is 66.2 Å². The first kappa shape index (κ1) is 14.3. The lowest BCUT2D eigenvalue weighted by Crippen LogP contribution is -2.12. The Kier molecular flexibility index (Phi) is 3.80. The van der Waals surface area contributed by atoms with E-state index in [1.165, 1.54) is 26.8 Å². The smallest absolute Gasteiger partial charge is 0.143 e. The Morgan fingerprint density at radius 3 is 2.91 bits per heavy atom. The first-order valence-electron chi connectivity index (χ1n) is 8.03.